The summed E-state index contributed by atoms with van der Waals surface area (Å²) in [6.45, 7) is 10.7. The molecule has 26 heavy (non-hydrogen) atoms. The molecule has 1 aromatic carbocycles. The van der Waals surface area contributed by atoms with Crippen LogP contribution in [0.25, 0.3) is 6.08 Å². The molecule has 1 unspecified atom stereocenters. The van der Waals surface area contributed by atoms with Gasteiger partial charge in [0.2, 0.25) is 0 Å². The summed E-state index contributed by atoms with van der Waals surface area (Å²) in [7, 11) is 0. The number of hydrogen-bond donors (Lipinski definition) is 1. The smallest absolute Gasteiger partial charge is 0.0346 e. The highest BCUT2D eigenvalue weighted by Crippen LogP contribution is 2.36. The lowest BCUT2D eigenvalue weighted by Crippen LogP contribution is -2.29. The molecule has 1 nitrogen and oxygen atoms in total. The molecule has 0 spiro atoms. The minimum Gasteiger partial charge on any atom is -0.324 e. The van der Waals surface area contributed by atoms with E-state index in [-0.39, 0.29) is 11.5 Å². The van der Waals surface area contributed by atoms with E-state index in [9.17, 15) is 0 Å². The summed E-state index contributed by atoms with van der Waals surface area (Å²) in [5.74, 6) is 0. The van der Waals surface area contributed by atoms with E-state index in [1.165, 1.54) is 82.6 Å². The van der Waals surface area contributed by atoms with Gasteiger partial charge in [0, 0.05) is 6.04 Å². The van der Waals surface area contributed by atoms with Gasteiger partial charge in [-0.15, -0.1) is 0 Å². The maximum Gasteiger partial charge on any atom is 0.0346 e. The highest BCUT2D eigenvalue weighted by atomic mass is 14.7. The summed E-state index contributed by atoms with van der Waals surface area (Å²) in [6.07, 6.45) is 18.4. The zero-order valence-electron chi connectivity index (χ0n) is 17.7. The third-order valence-electron chi connectivity index (χ3n) is 5.80. The van der Waals surface area contributed by atoms with Crippen LogP contribution in [0.1, 0.15) is 115 Å². The van der Waals surface area contributed by atoms with Crippen molar-refractivity contribution in [2.45, 2.75) is 104 Å². The molecular weight excluding hydrogens is 314 g/mol. The summed E-state index contributed by atoms with van der Waals surface area (Å²) in [5, 5.41) is 0. The third-order valence-corrected chi connectivity index (χ3v) is 5.80. The summed E-state index contributed by atoms with van der Waals surface area (Å²) in [5.41, 5.74) is 9.11. The average Bonchev–Trinajstić information content (AvgIpc) is 2.65. The molecule has 2 N–H and O–H groups in total. The maximum absolute atomic E-state index is 6.57. The normalized spacial score (nSPS) is 12.9. The fourth-order valence-corrected chi connectivity index (χ4v) is 3.69. The molecule has 148 valence electrons. The molecule has 1 rings (SSSR count). The zero-order chi connectivity index (χ0) is 19.3. The van der Waals surface area contributed by atoms with E-state index in [0.29, 0.717) is 0 Å². The second kappa shape index (κ2) is 13.1. The molecule has 0 saturated heterocycles. The van der Waals surface area contributed by atoms with Gasteiger partial charge in [-0.1, -0.05) is 128 Å². The van der Waals surface area contributed by atoms with E-state index in [1.54, 1.807) is 0 Å². The molecule has 1 atom stereocenters. The van der Waals surface area contributed by atoms with Crippen LogP contribution in [0.15, 0.2) is 30.8 Å². The molecule has 0 aliphatic rings. The first-order valence-electron chi connectivity index (χ1n) is 11.0. The lowest BCUT2D eigenvalue weighted by molar-refractivity contribution is 0.255. The molecule has 0 aromatic heterocycles. The molecule has 1 aromatic rings. The summed E-state index contributed by atoms with van der Waals surface area (Å²) in [4.78, 5) is 0. The van der Waals surface area contributed by atoms with Crippen molar-refractivity contribution in [1.29, 1.82) is 0 Å². The highest BCUT2D eigenvalue weighted by Gasteiger charge is 2.27. The van der Waals surface area contributed by atoms with Gasteiger partial charge in [-0.3, -0.25) is 0 Å². The fourth-order valence-electron chi connectivity index (χ4n) is 3.69. The molecule has 0 fully saturated rings. The van der Waals surface area contributed by atoms with Crippen LogP contribution in [0.3, 0.4) is 0 Å². The maximum atomic E-state index is 6.57. The standard InChI is InChI=1S/C25H43N/c1-5-7-8-9-10-11-12-13-14-15-16-21-25(3,4)24(26)23-19-17-22(6-2)18-20-23/h6,17-20,24H,2,5,7-16,21,26H2,1,3-4H3. The number of nitrogens with two attached hydrogens (primary N) is 1. The third kappa shape index (κ3) is 9.03. The SMILES string of the molecule is C=Cc1ccc(C(N)C(C)(C)CCCCCCCCCCCCC)cc1. The molecule has 0 aliphatic heterocycles. The van der Waals surface area contributed by atoms with Gasteiger partial charge in [0.15, 0.2) is 0 Å². The van der Waals surface area contributed by atoms with Gasteiger partial charge in [0.05, 0.1) is 0 Å². The number of unbranched alkanes of at least 4 members (excludes halogenated alkanes) is 10. The van der Waals surface area contributed by atoms with Crippen molar-refractivity contribution in [2.75, 3.05) is 0 Å². The Bertz CT molecular complexity index is 471. The first kappa shape index (κ1) is 23.0. The second-order valence-electron chi connectivity index (χ2n) is 8.62. The topological polar surface area (TPSA) is 26.0 Å². The molecule has 0 radical (unpaired) electrons. The molecule has 0 aliphatic carbocycles. The van der Waals surface area contributed by atoms with E-state index < -0.39 is 0 Å². The Hall–Kier alpha value is -1.08. The predicted octanol–water partition coefficient (Wildman–Crippen LogP) is 8.06. The van der Waals surface area contributed by atoms with Gasteiger partial charge in [0.1, 0.15) is 0 Å². The van der Waals surface area contributed by atoms with Crippen molar-refractivity contribution in [2.24, 2.45) is 11.1 Å². The van der Waals surface area contributed by atoms with Gasteiger partial charge in [-0.2, -0.15) is 0 Å². The highest BCUT2D eigenvalue weighted by molar-refractivity contribution is 5.47. The Kier molecular flexibility index (Phi) is 11.6. The van der Waals surface area contributed by atoms with E-state index in [0.717, 1.165) is 5.56 Å². The van der Waals surface area contributed by atoms with Crippen molar-refractivity contribution < 1.29 is 0 Å². The first-order valence-corrected chi connectivity index (χ1v) is 11.0. The van der Waals surface area contributed by atoms with E-state index in [2.05, 4.69) is 51.6 Å². The molecular formula is C25H43N. The first-order chi connectivity index (χ1) is 12.5. The number of hydrogen-bond acceptors (Lipinski definition) is 1. The van der Waals surface area contributed by atoms with Crippen LogP contribution in [0.5, 0.6) is 0 Å². The van der Waals surface area contributed by atoms with Crippen LogP contribution in [-0.4, -0.2) is 0 Å². The van der Waals surface area contributed by atoms with Crippen molar-refractivity contribution in [3.05, 3.63) is 42.0 Å². The van der Waals surface area contributed by atoms with Gasteiger partial charge >= 0.3 is 0 Å². The minimum absolute atomic E-state index is 0.101. The fraction of sp³-hybridized carbons (Fsp3) is 0.680. The van der Waals surface area contributed by atoms with Crippen LogP contribution in [-0.2, 0) is 0 Å². The van der Waals surface area contributed by atoms with Gasteiger partial charge in [-0.25, -0.2) is 0 Å². The monoisotopic (exact) mass is 357 g/mol. The number of benzene rings is 1. The summed E-state index contributed by atoms with van der Waals surface area (Å²) in [6, 6.07) is 8.64. The molecule has 0 bridgehead atoms. The second-order valence-corrected chi connectivity index (χ2v) is 8.62. The van der Waals surface area contributed by atoms with E-state index in [1.807, 2.05) is 6.08 Å². The predicted molar refractivity (Wildman–Crippen MR) is 118 cm³/mol. The van der Waals surface area contributed by atoms with E-state index >= 15 is 0 Å². The van der Waals surface area contributed by atoms with Crippen LogP contribution in [0.2, 0.25) is 0 Å². The Morgan fingerprint density at radius 3 is 1.77 bits per heavy atom. The zero-order valence-corrected chi connectivity index (χ0v) is 17.7. The van der Waals surface area contributed by atoms with Crippen molar-refractivity contribution >= 4 is 6.08 Å². The lowest BCUT2D eigenvalue weighted by atomic mass is 9.77. The summed E-state index contributed by atoms with van der Waals surface area (Å²) < 4.78 is 0. The largest absolute Gasteiger partial charge is 0.324 e. The summed E-state index contributed by atoms with van der Waals surface area (Å²) >= 11 is 0. The van der Waals surface area contributed by atoms with Gasteiger partial charge < -0.3 is 5.73 Å². The van der Waals surface area contributed by atoms with Gasteiger partial charge in [0.25, 0.3) is 0 Å². The molecule has 0 heterocycles. The van der Waals surface area contributed by atoms with Crippen LogP contribution in [0.4, 0.5) is 0 Å². The van der Waals surface area contributed by atoms with Crippen molar-refractivity contribution in [3.63, 3.8) is 0 Å². The molecule has 0 amide bonds. The van der Waals surface area contributed by atoms with E-state index in [4.69, 9.17) is 5.73 Å². The molecule has 0 saturated carbocycles. The van der Waals surface area contributed by atoms with Crippen LogP contribution < -0.4 is 5.73 Å². The number of rotatable bonds is 15. The van der Waals surface area contributed by atoms with Crippen LogP contribution in [0, 0.1) is 5.41 Å². The van der Waals surface area contributed by atoms with Crippen molar-refractivity contribution in [3.8, 4) is 0 Å². The minimum atomic E-state index is 0.101. The Balaban J connectivity index is 2.15. The molecule has 1 heteroatoms. The Morgan fingerprint density at radius 1 is 0.846 bits per heavy atom. The Morgan fingerprint density at radius 2 is 1.31 bits per heavy atom. The quantitative estimate of drug-likeness (QED) is 0.316. The average molecular weight is 358 g/mol. The van der Waals surface area contributed by atoms with Crippen LogP contribution >= 0.6 is 0 Å². The van der Waals surface area contributed by atoms with Crippen molar-refractivity contribution in [1.82, 2.24) is 0 Å². The lowest BCUT2D eigenvalue weighted by Gasteiger charge is -2.32. The van der Waals surface area contributed by atoms with Gasteiger partial charge in [-0.05, 0) is 23.0 Å². The Labute approximate surface area is 163 Å².